The normalized spacial score (nSPS) is 9.06. The van der Waals surface area contributed by atoms with E-state index in [1.807, 2.05) is 13.7 Å². The molecule has 0 spiro atoms. The smallest absolute Gasteiger partial charge is 0.176 e. The number of carbonyl (C=O) groups is 1. The van der Waals surface area contributed by atoms with Gasteiger partial charge in [-0.3, -0.25) is 0 Å². The second-order valence-electron chi connectivity index (χ2n) is 2.69. The Kier molecular flexibility index (Phi) is 35.7. The van der Waals surface area contributed by atoms with Crippen molar-refractivity contribution in [2.24, 2.45) is 0 Å². The highest BCUT2D eigenvalue weighted by Gasteiger charge is 2.07. The van der Waals surface area contributed by atoms with Crippen molar-refractivity contribution < 1.29 is 19.1 Å². The van der Waals surface area contributed by atoms with Crippen LogP contribution in [0.2, 0.25) is 12.1 Å². The van der Waals surface area contributed by atoms with E-state index in [2.05, 4.69) is 13.0 Å². The highest BCUT2D eigenvalue weighted by atomic mass is 28.3. The van der Waals surface area contributed by atoms with Gasteiger partial charge in [0.05, 0.1) is 6.61 Å². The lowest BCUT2D eigenvalue weighted by molar-refractivity contribution is -0.0979. The van der Waals surface area contributed by atoms with Gasteiger partial charge < -0.3 is 19.1 Å². The van der Waals surface area contributed by atoms with Gasteiger partial charge in [-0.05, 0) is 25.4 Å². The molecular formula is C12H28O4Si. The lowest BCUT2D eigenvalue weighted by atomic mass is 10.5. The SMILES string of the molecule is C.C.C=O.CCO[SiH](CC)CCCOC#CO. The summed E-state index contributed by atoms with van der Waals surface area (Å²) in [6.07, 6.45) is 4.83. The summed E-state index contributed by atoms with van der Waals surface area (Å²) in [6.45, 7) is 7.61. The molecule has 0 saturated heterocycles. The maximum Gasteiger partial charge on any atom is 0.176 e. The van der Waals surface area contributed by atoms with Gasteiger partial charge in [-0.2, -0.15) is 0 Å². The monoisotopic (exact) mass is 264 g/mol. The molecule has 0 rings (SSSR count). The van der Waals surface area contributed by atoms with Gasteiger partial charge in [-0.25, -0.2) is 0 Å². The van der Waals surface area contributed by atoms with Crippen LogP contribution in [0, 0.1) is 12.2 Å². The first-order valence-electron chi connectivity index (χ1n) is 5.01. The van der Waals surface area contributed by atoms with Crippen LogP contribution in [0.5, 0.6) is 0 Å². The average Bonchev–Trinajstić information content (AvgIpc) is 2.30. The minimum absolute atomic E-state index is 0. The zero-order chi connectivity index (χ0) is 11.9. The molecule has 0 aliphatic rings. The fraction of sp³-hybridized carbons (Fsp3) is 0.750. The lowest BCUT2D eigenvalue weighted by Gasteiger charge is -2.11. The van der Waals surface area contributed by atoms with E-state index >= 15 is 0 Å². The number of hydrogen-bond acceptors (Lipinski definition) is 4. The Morgan fingerprint density at radius 1 is 1.29 bits per heavy atom. The Bertz CT molecular complexity index is 177. The van der Waals surface area contributed by atoms with Gasteiger partial charge in [0.25, 0.3) is 0 Å². The van der Waals surface area contributed by atoms with Gasteiger partial charge in [-0.15, -0.1) is 0 Å². The molecule has 17 heavy (non-hydrogen) atoms. The number of carbonyl (C=O) groups excluding carboxylic acids is 1. The molecule has 0 heterocycles. The Hall–Kier alpha value is -0.993. The molecule has 0 bridgehead atoms. The molecule has 0 amide bonds. The van der Waals surface area contributed by atoms with Crippen LogP contribution in [0.3, 0.4) is 0 Å². The van der Waals surface area contributed by atoms with Crippen molar-refractivity contribution in [2.75, 3.05) is 13.2 Å². The molecule has 0 aromatic heterocycles. The summed E-state index contributed by atoms with van der Waals surface area (Å²) in [7, 11) is -0.955. The zero-order valence-corrected chi connectivity index (χ0v) is 10.6. The molecule has 0 saturated carbocycles. The molecule has 0 aromatic rings. The van der Waals surface area contributed by atoms with Gasteiger partial charge in [-0.1, -0.05) is 21.8 Å². The number of aliphatic hydroxyl groups is 1. The van der Waals surface area contributed by atoms with E-state index in [1.54, 1.807) is 6.11 Å². The van der Waals surface area contributed by atoms with Crippen LogP contribution in [0.1, 0.15) is 35.1 Å². The van der Waals surface area contributed by atoms with E-state index in [9.17, 15) is 0 Å². The number of hydrogen-bond donors (Lipinski definition) is 1. The summed E-state index contributed by atoms with van der Waals surface area (Å²) in [6, 6.07) is 2.29. The summed E-state index contributed by atoms with van der Waals surface area (Å²) < 4.78 is 10.4. The standard InChI is InChI=1S/C9H18O3Si.CH2O.2CH4/c1-3-12-13(4-2)9-5-7-11-8-6-10;1-2;;/h10,13H,3-5,7,9H2,1-2H3;1H2;2*1H4. The van der Waals surface area contributed by atoms with Crippen molar-refractivity contribution in [1.82, 2.24) is 0 Å². The molecule has 1 unspecified atom stereocenters. The minimum Gasteiger partial charge on any atom is -0.460 e. The van der Waals surface area contributed by atoms with Gasteiger partial charge in [0.1, 0.15) is 6.79 Å². The lowest BCUT2D eigenvalue weighted by Crippen LogP contribution is -2.16. The largest absolute Gasteiger partial charge is 0.460 e. The first kappa shape index (κ1) is 25.0. The van der Waals surface area contributed by atoms with Crippen LogP contribution < -0.4 is 0 Å². The van der Waals surface area contributed by atoms with E-state index in [-0.39, 0.29) is 14.9 Å². The summed E-state index contributed by atoms with van der Waals surface area (Å²) in [5, 5.41) is 8.10. The fourth-order valence-electron chi connectivity index (χ4n) is 1.11. The van der Waals surface area contributed by atoms with Gasteiger partial charge in [0, 0.05) is 6.61 Å². The third kappa shape index (κ3) is 21.0. The molecular weight excluding hydrogens is 236 g/mol. The van der Waals surface area contributed by atoms with Crippen LogP contribution in [-0.2, 0) is 14.0 Å². The molecule has 5 heteroatoms. The number of ether oxygens (including phenoxy) is 1. The number of aliphatic hydroxyl groups excluding tert-OH is 1. The van der Waals surface area contributed by atoms with Crippen LogP contribution in [-0.4, -0.2) is 34.1 Å². The summed E-state index contributed by atoms with van der Waals surface area (Å²) in [5.74, 6) is 0. The van der Waals surface area contributed by atoms with Crippen molar-refractivity contribution in [3.63, 3.8) is 0 Å². The maximum absolute atomic E-state index is 8.10. The predicted molar refractivity (Wildman–Crippen MR) is 74.9 cm³/mol. The molecule has 0 aliphatic heterocycles. The molecule has 0 aromatic carbocycles. The molecule has 104 valence electrons. The first-order chi connectivity index (χ1) is 7.35. The Morgan fingerprint density at radius 2 is 1.88 bits per heavy atom. The summed E-state index contributed by atoms with van der Waals surface area (Å²) >= 11 is 0. The van der Waals surface area contributed by atoms with Crippen molar-refractivity contribution >= 4 is 15.8 Å². The van der Waals surface area contributed by atoms with Gasteiger partial charge in [0.15, 0.2) is 21.3 Å². The van der Waals surface area contributed by atoms with E-state index < -0.39 is 9.04 Å². The molecule has 0 aliphatic carbocycles. The molecule has 4 nitrogen and oxygen atoms in total. The molecule has 0 fully saturated rings. The Labute approximate surface area is 108 Å². The Morgan fingerprint density at radius 3 is 2.29 bits per heavy atom. The fourth-order valence-corrected chi connectivity index (χ4v) is 3.01. The molecule has 1 N–H and O–H groups in total. The van der Waals surface area contributed by atoms with Gasteiger partial charge in [0.2, 0.25) is 0 Å². The second-order valence-corrected chi connectivity index (χ2v) is 5.66. The third-order valence-electron chi connectivity index (χ3n) is 1.75. The zero-order valence-electron chi connectivity index (χ0n) is 9.49. The summed E-state index contributed by atoms with van der Waals surface area (Å²) in [4.78, 5) is 8.00. The minimum atomic E-state index is -0.955. The highest BCUT2D eigenvalue weighted by Crippen LogP contribution is 2.04. The second kappa shape index (κ2) is 24.3. The highest BCUT2D eigenvalue weighted by molar-refractivity contribution is 6.51. The van der Waals surface area contributed by atoms with E-state index in [0.717, 1.165) is 19.1 Å². The van der Waals surface area contributed by atoms with E-state index in [0.29, 0.717) is 6.61 Å². The quantitative estimate of drug-likeness (QED) is 0.436. The number of rotatable bonds is 7. The summed E-state index contributed by atoms with van der Waals surface area (Å²) in [5.41, 5.74) is 0. The average molecular weight is 264 g/mol. The van der Waals surface area contributed by atoms with Crippen LogP contribution in [0.4, 0.5) is 0 Å². The van der Waals surface area contributed by atoms with Crippen LogP contribution in [0.25, 0.3) is 0 Å². The van der Waals surface area contributed by atoms with Crippen molar-refractivity contribution in [1.29, 1.82) is 0 Å². The van der Waals surface area contributed by atoms with E-state index in [4.69, 9.17) is 19.1 Å². The van der Waals surface area contributed by atoms with E-state index in [1.165, 1.54) is 6.04 Å². The van der Waals surface area contributed by atoms with Crippen LogP contribution in [0.15, 0.2) is 0 Å². The maximum atomic E-state index is 8.10. The van der Waals surface area contributed by atoms with Crippen molar-refractivity contribution in [2.45, 2.75) is 47.2 Å². The van der Waals surface area contributed by atoms with Gasteiger partial charge >= 0.3 is 0 Å². The van der Waals surface area contributed by atoms with Crippen LogP contribution >= 0.6 is 0 Å². The first-order valence-corrected chi connectivity index (χ1v) is 7.11. The molecule has 0 radical (unpaired) electrons. The third-order valence-corrected chi connectivity index (χ3v) is 4.52. The topological polar surface area (TPSA) is 55.8 Å². The van der Waals surface area contributed by atoms with Crippen molar-refractivity contribution in [3.05, 3.63) is 0 Å². The Balaban J connectivity index is -0.000000199. The molecule has 1 atom stereocenters. The predicted octanol–water partition coefficient (Wildman–Crippen LogP) is 2.55. The van der Waals surface area contributed by atoms with Crippen molar-refractivity contribution in [3.8, 4) is 12.2 Å².